The molecule has 112 valence electrons. The molecule has 3 heterocycles. The van der Waals surface area contributed by atoms with Gasteiger partial charge in [0.2, 0.25) is 12.3 Å². The van der Waals surface area contributed by atoms with E-state index in [0.717, 1.165) is 11.3 Å². The van der Waals surface area contributed by atoms with E-state index in [1.165, 1.54) is 19.1 Å². The first-order valence-corrected chi connectivity index (χ1v) is 7.55. The van der Waals surface area contributed by atoms with Crippen molar-refractivity contribution in [1.82, 2.24) is 15.0 Å². The summed E-state index contributed by atoms with van der Waals surface area (Å²) in [6, 6.07) is -1.57. The minimum Gasteiger partial charge on any atom is -0.548 e. The molecule has 0 saturated carbocycles. The Morgan fingerprint density at radius 2 is 2.27 bits per heavy atom. The van der Waals surface area contributed by atoms with Crippen LogP contribution in [-0.4, -0.2) is 51.5 Å². The van der Waals surface area contributed by atoms with Crippen molar-refractivity contribution in [2.75, 3.05) is 0 Å². The van der Waals surface area contributed by atoms with Crippen LogP contribution in [0.2, 0.25) is 0 Å². The Balaban J connectivity index is 0.00000176. The third-order valence-electron chi connectivity index (χ3n) is 3.90. The van der Waals surface area contributed by atoms with Crippen molar-refractivity contribution in [3.63, 3.8) is 0 Å². The van der Waals surface area contributed by atoms with Crippen LogP contribution in [0.15, 0.2) is 17.0 Å². The van der Waals surface area contributed by atoms with Crippen LogP contribution in [0.4, 0.5) is 0 Å². The molecule has 0 bridgehead atoms. The molecule has 11 heteroatoms. The summed E-state index contributed by atoms with van der Waals surface area (Å²) in [7, 11) is -3.90. The number of aromatic nitrogens is 2. The fourth-order valence-electron chi connectivity index (χ4n) is 2.72. The van der Waals surface area contributed by atoms with E-state index in [4.69, 9.17) is 0 Å². The van der Waals surface area contributed by atoms with E-state index in [9.17, 15) is 23.1 Å². The van der Waals surface area contributed by atoms with Gasteiger partial charge < -0.3 is 19.3 Å². The molecule has 2 aliphatic rings. The number of carboxylic acids is 1. The average molecular weight is 335 g/mol. The van der Waals surface area contributed by atoms with Crippen molar-refractivity contribution >= 4 is 27.8 Å². The van der Waals surface area contributed by atoms with Crippen LogP contribution in [0.5, 0.6) is 0 Å². The van der Waals surface area contributed by atoms with Crippen LogP contribution < -0.4 is 34.7 Å². The zero-order valence-electron chi connectivity index (χ0n) is 11.8. The summed E-state index contributed by atoms with van der Waals surface area (Å²) < 4.78 is 27.7. The van der Waals surface area contributed by atoms with Crippen LogP contribution in [-0.2, 0) is 19.4 Å². The van der Waals surface area contributed by atoms with Gasteiger partial charge in [-0.3, -0.25) is 4.79 Å². The second-order valence-electron chi connectivity index (χ2n) is 5.03. The van der Waals surface area contributed by atoms with Crippen molar-refractivity contribution in [3.8, 4) is 0 Å². The van der Waals surface area contributed by atoms with Gasteiger partial charge in [0, 0.05) is 0 Å². The summed E-state index contributed by atoms with van der Waals surface area (Å²) >= 11 is 0. The van der Waals surface area contributed by atoms with Gasteiger partial charge in [0.25, 0.3) is 0 Å². The molecule has 3 rings (SSSR count). The molecule has 9 nitrogen and oxygen atoms in total. The molecule has 1 aromatic rings. The molecule has 2 aliphatic heterocycles. The summed E-state index contributed by atoms with van der Waals surface area (Å²) in [4.78, 5) is 27.4. The van der Waals surface area contributed by atoms with E-state index < -0.39 is 37.9 Å². The summed E-state index contributed by atoms with van der Waals surface area (Å²) in [5, 5.41) is 13.7. The second-order valence-corrected chi connectivity index (χ2v) is 7.55. The Morgan fingerprint density at radius 3 is 2.77 bits per heavy atom. The molecule has 3 atom stereocenters. The van der Waals surface area contributed by atoms with Crippen molar-refractivity contribution in [2.45, 2.75) is 29.5 Å². The monoisotopic (exact) mass is 335 g/mol. The van der Waals surface area contributed by atoms with E-state index >= 15 is 0 Å². The Bertz CT molecular complexity index is 746. The molecular formula is C11H10N3NaO6S. The van der Waals surface area contributed by atoms with E-state index in [1.54, 1.807) is 0 Å². The molecule has 1 amide bonds. The first-order chi connectivity index (χ1) is 9.79. The standard InChI is InChI=1S/C11H11N3O6S.Na/c1-11(3-2-6-12-5-20-13-6)9(10(16)17)14-7(15)4-8(14)21(11,18)19;/h2-3,5,8-9H,4H2,1H3,(H,16,17);/q;+1/p-1/b3-2+;/t8-,9+,11+;/m1./s1. The van der Waals surface area contributed by atoms with Gasteiger partial charge in [-0.2, -0.15) is 4.98 Å². The van der Waals surface area contributed by atoms with Gasteiger partial charge in [-0.25, -0.2) is 8.42 Å². The summed E-state index contributed by atoms with van der Waals surface area (Å²) in [5.74, 6) is -2.03. The molecule has 22 heavy (non-hydrogen) atoms. The molecule has 0 aromatic carbocycles. The van der Waals surface area contributed by atoms with Gasteiger partial charge in [-0.05, 0) is 13.0 Å². The van der Waals surface area contributed by atoms with Gasteiger partial charge >= 0.3 is 29.6 Å². The number of hydrogen-bond donors (Lipinski definition) is 0. The molecule has 1 aromatic heterocycles. The molecule has 0 aliphatic carbocycles. The number of rotatable bonds is 3. The third kappa shape index (κ3) is 2.13. The number of nitrogens with zero attached hydrogens (tertiary/aromatic N) is 3. The second kappa shape index (κ2) is 5.44. The fourth-order valence-corrected chi connectivity index (χ4v) is 4.99. The van der Waals surface area contributed by atoms with Gasteiger partial charge in [-0.15, -0.1) is 0 Å². The van der Waals surface area contributed by atoms with Crippen LogP contribution in [0, 0.1) is 0 Å². The van der Waals surface area contributed by atoms with Crippen molar-refractivity contribution in [3.05, 3.63) is 18.3 Å². The van der Waals surface area contributed by atoms with Crippen LogP contribution in [0.25, 0.3) is 6.08 Å². The zero-order valence-corrected chi connectivity index (χ0v) is 14.6. The number of aliphatic carboxylic acids is 1. The Morgan fingerprint density at radius 1 is 1.59 bits per heavy atom. The minimum absolute atomic E-state index is 0. The molecular weight excluding hydrogens is 325 g/mol. The SMILES string of the molecule is C[C@]1(/C=C/c2ncon2)[C@H](C(=O)[O-])N2C(=O)C[C@H]2S1(=O)=O.[Na+]. The van der Waals surface area contributed by atoms with E-state index in [-0.39, 0.29) is 41.8 Å². The summed E-state index contributed by atoms with van der Waals surface area (Å²) in [6.07, 6.45) is 3.25. The minimum atomic E-state index is -3.90. The molecule has 0 radical (unpaired) electrons. The van der Waals surface area contributed by atoms with Crippen molar-refractivity contribution in [1.29, 1.82) is 0 Å². The van der Waals surface area contributed by atoms with Gasteiger partial charge in [0.05, 0.1) is 18.4 Å². The third-order valence-corrected chi connectivity index (χ3v) is 6.60. The fraction of sp³-hybridized carbons (Fsp3) is 0.455. The Labute approximate surface area is 147 Å². The number of β-lactam (4-membered cyclic amide) rings is 1. The summed E-state index contributed by atoms with van der Waals surface area (Å²) in [5.41, 5.74) is 0. The molecule has 0 unspecified atom stereocenters. The maximum atomic E-state index is 12.5. The van der Waals surface area contributed by atoms with Gasteiger partial charge in [0.1, 0.15) is 10.1 Å². The molecule has 0 spiro atoms. The van der Waals surface area contributed by atoms with E-state index in [2.05, 4.69) is 14.7 Å². The number of hydrogen-bond acceptors (Lipinski definition) is 8. The normalized spacial score (nSPS) is 32.4. The maximum Gasteiger partial charge on any atom is 1.00 e. The van der Waals surface area contributed by atoms with E-state index in [1.807, 2.05) is 0 Å². The number of carbonyl (C=O) groups excluding carboxylic acids is 2. The maximum absolute atomic E-state index is 12.5. The van der Waals surface area contributed by atoms with Crippen LogP contribution >= 0.6 is 0 Å². The molecule has 2 fully saturated rings. The Kier molecular flexibility index (Phi) is 4.24. The predicted octanol–water partition coefficient (Wildman–Crippen LogP) is -5.05. The first-order valence-electron chi connectivity index (χ1n) is 6.00. The predicted molar refractivity (Wildman–Crippen MR) is 64.7 cm³/mol. The number of fused-ring (bicyclic) bond motifs is 1. The first kappa shape index (κ1) is 17.1. The number of sulfone groups is 1. The summed E-state index contributed by atoms with van der Waals surface area (Å²) in [6.45, 7) is 1.24. The van der Waals surface area contributed by atoms with Crippen molar-refractivity contribution in [2.24, 2.45) is 0 Å². The van der Waals surface area contributed by atoms with Crippen LogP contribution in [0.1, 0.15) is 19.2 Å². The number of carboxylic acid groups (broad SMARTS) is 1. The number of amides is 1. The van der Waals surface area contributed by atoms with Gasteiger partial charge in [-0.1, -0.05) is 11.2 Å². The zero-order chi connectivity index (χ0) is 15.4. The smallest absolute Gasteiger partial charge is 0.548 e. The number of carbonyl (C=O) groups is 2. The van der Waals surface area contributed by atoms with Crippen LogP contribution in [0.3, 0.4) is 0 Å². The quantitative estimate of drug-likeness (QED) is 0.396. The van der Waals surface area contributed by atoms with Gasteiger partial charge in [0.15, 0.2) is 15.7 Å². The molecule has 2 saturated heterocycles. The van der Waals surface area contributed by atoms with E-state index in [0.29, 0.717) is 0 Å². The van der Waals surface area contributed by atoms with Crippen molar-refractivity contribution < 1.29 is 57.2 Å². The Hall–Kier alpha value is -1.23. The topological polar surface area (TPSA) is 133 Å². The largest absolute Gasteiger partial charge is 1.00 e. The average Bonchev–Trinajstić information content (AvgIpc) is 2.95. The molecule has 0 N–H and O–H groups in total.